The Hall–Kier alpha value is -2.28. The Morgan fingerprint density at radius 2 is 1.42 bits per heavy atom. The van der Waals surface area contributed by atoms with E-state index in [1.54, 1.807) is 6.26 Å². The molecule has 1 heteroatoms. The van der Waals surface area contributed by atoms with Crippen molar-refractivity contribution in [3.05, 3.63) is 72.0 Å². The van der Waals surface area contributed by atoms with E-state index < -0.39 is 0 Å². The maximum atomic E-state index is 5.46. The monoisotopic (exact) mass is 248 g/mol. The first-order valence-corrected chi connectivity index (χ1v) is 6.45. The zero-order chi connectivity index (χ0) is 13.2. The second-order valence-corrected chi connectivity index (χ2v) is 4.93. The van der Waals surface area contributed by atoms with Gasteiger partial charge in [0.15, 0.2) is 0 Å². The van der Waals surface area contributed by atoms with E-state index in [1.807, 2.05) is 12.1 Å². The van der Waals surface area contributed by atoms with Gasteiger partial charge in [-0.2, -0.15) is 0 Å². The maximum absolute atomic E-state index is 5.46. The quantitative estimate of drug-likeness (QED) is 0.605. The largest absolute Gasteiger partial charge is 0.464 e. The summed E-state index contributed by atoms with van der Waals surface area (Å²) in [5.41, 5.74) is 6.17. The van der Waals surface area contributed by atoms with Crippen LogP contribution in [0, 0.1) is 13.8 Å². The normalized spacial score (nSPS) is 10.6. The topological polar surface area (TPSA) is 13.1 Å². The summed E-state index contributed by atoms with van der Waals surface area (Å²) >= 11 is 0. The molecule has 0 aliphatic heterocycles. The van der Waals surface area contributed by atoms with Gasteiger partial charge in [-0.15, -0.1) is 0 Å². The van der Waals surface area contributed by atoms with Crippen molar-refractivity contribution in [3.8, 4) is 22.5 Å². The second kappa shape index (κ2) is 4.77. The molecule has 19 heavy (non-hydrogen) atoms. The average molecular weight is 248 g/mol. The molecule has 0 saturated heterocycles. The molecule has 0 saturated carbocycles. The molecule has 1 heterocycles. The number of hydrogen-bond acceptors (Lipinski definition) is 1. The molecule has 0 bridgehead atoms. The Morgan fingerprint density at radius 1 is 0.684 bits per heavy atom. The van der Waals surface area contributed by atoms with Gasteiger partial charge in [0.05, 0.1) is 6.26 Å². The summed E-state index contributed by atoms with van der Waals surface area (Å²) in [7, 11) is 0. The van der Waals surface area contributed by atoms with Crippen molar-refractivity contribution in [2.24, 2.45) is 0 Å². The molecule has 2 aromatic carbocycles. The third-order valence-corrected chi connectivity index (χ3v) is 3.22. The van der Waals surface area contributed by atoms with E-state index in [4.69, 9.17) is 4.42 Å². The predicted molar refractivity (Wildman–Crippen MR) is 79.1 cm³/mol. The average Bonchev–Trinajstić information content (AvgIpc) is 2.92. The molecule has 0 amide bonds. The minimum Gasteiger partial charge on any atom is -0.464 e. The molecule has 0 atom stereocenters. The first-order valence-electron chi connectivity index (χ1n) is 6.45. The van der Waals surface area contributed by atoms with E-state index in [2.05, 4.69) is 56.3 Å². The third kappa shape index (κ3) is 2.45. The fourth-order valence-electron chi connectivity index (χ4n) is 2.44. The van der Waals surface area contributed by atoms with Gasteiger partial charge in [0, 0.05) is 5.56 Å². The van der Waals surface area contributed by atoms with Crippen molar-refractivity contribution in [1.29, 1.82) is 0 Å². The summed E-state index contributed by atoms with van der Waals surface area (Å²) in [6, 6.07) is 19.0. The van der Waals surface area contributed by atoms with Gasteiger partial charge in [-0.1, -0.05) is 47.5 Å². The fourth-order valence-corrected chi connectivity index (χ4v) is 2.44. The highest BCUT2D eigenvalue weighted by molar-refractivity contribution is 5.71. The highest BCUT2D eigenvalue weighted by atomic mass is 16.3. The minimum atomic E-state index is 0.909. The summed E-state index contributed by atoms with van der Waals surface area (Å²) in [6.07, 6.45) is 1.71. The summed E-state index contributed by atoms with van der Waals surface area (Å²) in [4.78, 5) is 0. The molecule has 0 spiro atoms. The minimum absolute atomic E-state index is 0.909. The molecule has 0 aliphatic carbocycles. The van der Waals surface area contributed by atoms with E-state index in [0.29, 0.717) is 0 Å². The summed E-state index contributed by atoms with van der Waals surface area (Å²) in [6.45, 7) is 4.26. The second-order valence-electron chi connectivity index (χ2n) is 4.93. The lowest BCUT2D eigenvalue weighted by Gasteiger charge is -2.07. The van der Waals surface area contributed by atoms with Gasteiger partial charge in [0.2, 0.25) is 0 Å². The Labute approximate surface area is 113 Å². The smallest absolute Gasteiger partial charge is 0.133 e. The molecule has 0 N–H and O–H groups in total. The van der Waals surface area contributed by atoms with Crippen LogP contribution in [-0.4, -0.2) is 0 Å². The van der Waals surface area contributed by atoms with E-state index in [1.165, 1.54) is 22.3 Å². The van der Waals surface area contributed by atoms with Gasteiger partial charge in [-0.25, -0.2) is 0 Å². The molecule has 1 nitrogen and oxygen atoms in total. The van der Waals surface area contributed by atoms with Crippen molar-refractivity contribution in [2.45, 2.75) is 13.8 Å². The standard InChI is InChI=1S/C18H16O/c1-13-9-14(2)11-17(10-13)15-5-3-6-16(12-15)18-7-4-8-19-18/h3-12H,1-2H3. The summed E-state index contributed by atoms with van der Waals surface area (Å²) in [5.74, 6) is 0.909. The molecule has 94 valence electrons. The van der Waals surface area contributed by atoms with Crippen LogP contribution in [0.4, 0.5) is 0 Å². The van der Waals surface area contributed by atoms with Gasteiger partial charge in [0.25, 0.3) is 0 Å². The SMILES string of the molecule is Cc1cc(C)cc(-c2cccc(-c3ccco3)c2)c1. The maximum Gasteiger partial charge on any atom is 0.133 e. The van der Waals surface area contributed by atoms with Crippen molar-refractivity contribution in [2.75, 3.05) is 0 Å². The molecule has 0 aliphatic rings. The van der Waals surface area contributed by atoms with Gasteiger partial charge in [-0.05, 0) is 43.2 Å². The first kappa shape index (κ1) is 11.8. The summed E-state index contributed by atoms with van der Waals surface area (Å²) < 4.78 is 5.46. The Balaban J connectivity index is 2.08. The van der Waals surface area contributed by atoms with E-state index in [-0.39, 0.29) is 0 Å². The van der Waals surface area contributed by atoms with Crippen LogP contribution >= 0.6 is 0 Å². The van der Waals surface area contributed by atoms with Crippen LogP contribution in [0.5, 0.6) is 0 Å². The zero-order valence-corrected chi connectivity index (χ0v) is 11.2. The lowest BCUT2D eigenvalue weighted by Crippen LogP contribution is -1.83. The fraction of sp³-hybridized carbons (Fsp3) is 0.111. The van der Waals surface area contributed by atoms with Crippen molar-refractivity contribution in [3.63, 3.8) is 0 Å². The van der Waals surface area contributed by atoms with E-state index in [9.17, 15) is 0 Å². The van der Waals surface area contributed by atoms with Gasteiger partial charge >= 0.3 is 0 Å². The van der Waals surface area contributed by atoms with Crippen LogP contribution in [0.3, 0.4) is 0 Å². The lowest BCUT2D eigenvalue weighted by molar-refractivity contribution is 0.582. The number of hydrogen-bond donors (Lipinski definition) is 0. The van der Waals surface area contributed by atoms with Crippen LogP contribution in [0.25, 0.3) is 22.5 Å². The Bertz CT molecular complexity index is 673. The van der Waals surface area contributed by atoms with Crippen LogP contribution in [0.2, 0.25) is 0 Å². The van der Waals surface area contributed by atoms with Gasteiger partial charge in [-0.3, -0.25) is 0 Å². The van der Waals surface area contributed by atoms with Crippen LogP contribution in [0.1, 0.15) is 11.1 Å². The number of rotatable bonds is 2. The zero-order valence-electron chi connectivity index (χ0n) is 11.2. The van der Waals surface area contributed by atoms with Crippen molar-refractivity contribution in [1.82, 2.24) is 0 Å². The van der Waals surface area contributed by atoms with E-state index >= 15 is 0 Å². The molecule has 0 radical (unpaired) electrons. The number of aryl methyl sites for hydroxylation is 2. The molecule has 1 aromatic heterocycles. The number of furan rings is 1. The van der Waals surface area contributed by atoms with Gasteiger partial charge in [0.1, 0.15) is 5.76 Å². The molecular weight excluding hydrogens is 232 g/mol. The highest BCUT2D eigenvalue weighted by Gasteiger charge is 2.04. The van der Waals surface area contributed by atoms with Crippen LogP contribution in [0.15, 0.2) is 65.3 Å². The van der Waals surface area contributed by atoms with Crippen molar-refractivity contribution < 1.29 is 4.42 Å². The first-order chi connectivity index (χ1) is 9.22. The molecule has 0 unspecified atom stereocenters. The highest BCUT2D eigenvalue weighted by Crippen LogP contribution is 2.27. The van der Waals surface area contributed by atoms with E-state index in [0.717, 1.165) is 11.3 Å². The van der Waals surface area contributed by atoms with Crippen molar-refractivity contribution >= 4 is 0 Å². The van der Waals surface area contributed by atoms with Crippen LogP contribution < -0.4 is 0 Å². The van der Waals surface area contributed by atoms with Gasteiger partial charge < -0.3 is 4.42 Å². The Kier molecular flexibility index (Phi) is 2.96. The molecule has 0 fully saturated rings. The molecular formula is C18H16O. The third-order valence-electron chi connectivity index (χ3n) is 3.22. The van der Waals surface area contributed by atoms with Crippen LogP contribution in [-0.2, 0) is 0 Å². The molecule has 3 rings (SSSR count). The summed E-state index contributed by atoms with van der Waals surface area (Å²) in [5, 5.41) is 0. The molecule has 3 aromatic rings. The Morgan fingerprint density at radius 3 is 2.11 bits per heavy atom. The lowest BCUT2D eigenvalue weighted by atomic mass is 9.99. The number of benzene rings is 2. The predicted octanol–water partition coefficient (Wildman–Crippen LogP) is 5.23.